The Labute approximate surface area is 232 Å². The summed E-state index contributed by atoms with van der Waals surface area (Å²) in [5.74, 6) is 2.60. The number of esters is 1. The fourth-order valence-electron chi connectivity index (χ4n) is 4.83. The maximum Gasteiger partial charge on any atom is 0.338 e. The molecule has 3 aromatic carbocycles. The van der Waals surface area contributed by atoms with Gasteiger partial charge in [0, 0.05) is 12.6 Å². The molecule has 2 heterocycles. The summed E-state index contributed by atoms with van der Waals surface area (Å²) >= 11 is 0. The highest BCUT2D eigenvalue weighted by Gasteiger charge is 2.32. The van der Waals surface area contributed by atoms with Gasteiger partial charge < -0.3 is 33.3 Å². The number of benzene rings is 3. The van der Waals surface area contributed by atoms with Crippen LogP contribution in [0, 0.1) is 0 Å². The van der Waals surface area contributed by atoms with Gasteiger partial charge in [-0.3, -0.25) is 4.79 Å². The molecule has 0 aromatic heterocycles. The highest BCUT2D eigenvalue weighted by Crippen LogP contribution is 2.39. The summed E-state index contributed by atoms with van der Waals surface area (Å²) in [6.45, 7) is 2.96. The van der Waals surface area contributed by atoms with Crippen molar-refractivity contribution in [3.05, 3.63) is 82.9 Å². The van der Waals surface area contributed by atoms with Gasteiger partial charge in [-0.15, -0.1) is 0 Å². The topological polar surface area (TPSA) is 92.8 Å². The molecule has 2 aliphatic heterocycles. The zero-order valence-corrected chi connectivity index (χ0v) is 22.7. The number of hydrogen-bond donors (Lipinski definition) is 0. The largest absolute Gasteiger partial charge is 0.493 e. The molecule has 2 aliphatic rings. The van der Waals surface area contributed by atoms with Gasteiger partial charge in [0.25, 0.3) is 0 Å². The summed E-state index contributed by atoms with van der Waals surface area (Å²) in [6, 6.07) is 15.8. The van der Waals surface area contributed by atoms with Crippen molar-refractivity contribution in [3.8, 4) is 28.7 Å². The fraction of sp³-hybridized carbons (Fsp3) is 0.290. The second kappa shape index (κ2) is 12.0. The third-order valence-electron chi connectivity index (χ3n) is 6.87. The summed E-state index contributed by atoms with van der Waals surface area (Å²) in [5, 5.41) is 0. The fourth-order valence-corrected chi connectivity index (χ4v) is 4.83. The molecule has 0 radical (unpaired) electrons. The number of amides is 1. The third kappa shape index (κ3) is 5.68. The van der Waals surface area contributed by atoms with Gasteiger partial charge in [-0.25, -0.2) is 4.79 Å². The van der Waals surface area contributed by atoms with Gasteiger partial charge in [-0.1, -0.05) is 6.07 Å². The lowest BCUT2D eigenvalue weighted by Gasteiger charge is -2.37. The van der Waals surface area contributed by atoms with E-state index in [1.54, 1.807) is 62.5 Å². The number of carbonyl (C=O) groups excluding carboxylic acids is 2. The summed E-state index contributed by atoms with van der Waals surface area (Å²) in [4.78, 5) is 27.3. The van der Waals surface area contributed by atoms with Gasteiger partial charge in [-0.05, 0) is 84.6 Å². The van der Waals surface area contributed by atoms with Crippen molar-refractivity contribution in [3.63, 3.8) is 0 Å². The van der Waals surface area contributed by atoms with Crippen molar-refractivity contribution >= 4 is 18.0 Å². The van der Waals surface area contributed by atoms with Crippen LogP contribution in [0.25, 0.3) is 6.08 Å². The Balaban J connectivity index is 1.39. The normalized spacial score (nSPS) is 15.5. The van der Waals surface area contributed by atoms with Gasteiger partial charge >= 0.3 is 5.97 Å². The quantitative estimate of drug-likeness (QED) is 0.279. The Morgan fingerprint density at radius 2 is 1.73 bits per heavy atom. The van der Waals surface area contributed by atoms with Crippen LogP contribution in [0.2, 0.25) is 0 Å². The van der Waals surface area contributed by atoms with E-state index in [4.69, 9.17) is 28.4 Å². The zero-order valence-electron chi connectivity index (χ0n) is 22.7. The average Bonchev–Trinajstić information content (AvgIpc) is 3.46. The lowest BCUT2D eigenvalue weighted by molar-refractivity contribution is -0.129. The van der Waals surface area contributed by atoms with E-state index in [1.165, 1.54) is 0 Å². The van der Waals surface area contributed by atoms with Crippen LogP contribution in [0.5, 0.6) is 28.7 Å². The molecule has 9 heteroatoms. The molecule has 5 rings (SSSR count). The lowest BCUT2D eigenvalue weighted by atomic mass is 9.92. The molecular formula is C31H31NO8. The summed E-state index contributed by atoms with van der Waals surface area (Å²) in [5.41, 5.74) is 3.26. The lowest BCUT2D eigenvalue weighted by Crippen LogP contribution is -2.41. The Bertz CT molecular complexity index is 1420. The van der Waals surface area contributed by atoms with Crippen LogP contribution < -0.4 is 23.7 Å². The van der Waals surface area contributed by atoms with Crippen molar-refractivity contribution in [2.75, 3.05) is 40.8 Å². The highest BCUT2D eigenvalue weighted by atomic mass is 16.7. The van der Waals surface area contributed by atoms with E-state index >= 15 is 0 Å². The summed E-state index contributed by atoms with van der Waals surface area (Å²) in [7, 11) is 3.19. The number of rotatable bonds is 9. The number of ether oxygens (including phenoxy) is 6. The van der Waals surface area contributed by atoms with Gasteiger partial charge in [0.15, 0.2) is 23.0 Å². The highest BCUT2D eigenvalue weighted by molar-refractivity contribution is 5.92. The van der Waals surface area contributed by atoms with Crippen molar-refractivity contribution < 1.29 is 38.0 Å². The first-order valence-electron chi connectivity index (χ1n) is 13.0. The first-order chi connectivity index (χ1) is 19.5. The van der Waals surface area contributed by atoms with Gasteiger partial charge in [0.05, 0.1) is 32.4 Å². The predicted octanol–water partition coefficient (Wildman–Crippen LogP) is 4.83. The van der Waals surface area contributed by atoms with Crippen molar-refractivity contribution in [1.82, 2.24) is 4.90 Å². The number of hydrogen-bond acceptors (Lipinski definition) is 8. The smallest absolute Gasteiger partial charge is 0.338 e. The van der Waals surface area contributed by atoms with Crippen molar-refractivity contribution in [1.29, 1.82) is 0 Å². The molecule has 40 heavy (non-hydrogen) atoms. The second-order valence-corrected chi connectivity index (χ2v) is 9.21. The van der Waals surface area contributed by atoms with Crippen LogP contribution >= 0.6 is 0 Å². The van der Waals surface area contributed by atoms with Crippen LogP contribution in [-0.2, 0) is 16.0 Å². The number of carbonyl (C=O) groups is 2. The SMILES string of the molecule is CCOC(=O)c1ccc(OC[C@@H]2c3cc(OC)c(OC)cc3CCN2C(=O)/C=C/c2ccc3c(c2)OCO3)cc1. The molecule has 0 saturated heterocycles. The van der Waals surface area contributed by atoms with Gasteiger partial charge in [0.1, 0.15) is 12.4 Å². The molecule has 1 amide bonds. The van der Waals surface area contributed by atoms with Gasteiger partial charge in [-0.2, -0.15) is 0 Å². The molecule has 3 aromatic rings. The molecule has 9 nitrogen and oxygen atoms in total. The Morgan fingerprint density at radius 1 is 0.975 bits per heavy atom. The minimum absolute atomic E-state index is 0.149. The Kier molecular flexibility index (Phi) is 8.10. The standard InChI is InChI=1S/C31H31NO8/c1-4-37-31(34)21-7-9-23(10-8-21)38-18-25-24-17-28(36-3)27(35-2)16-22(24)13-14-32(25)30(33)12-6-20-5-11-26-29(15-20)40-19-39-26/h5-12,15-17,25H,4,13-14,18-19H2,1-3H3/b12-6+/t25-/m1/s1. The Hall–Kier alpha value is -4.66. The molecule has 0 fully saturated rings. The van der Waals surface area contributed by atoms with Crippen LogP contribution in [-0.4, -0.2) is 57.5 Å². The average molecular weight is 546 g/mol. The zero-order chi connectivity index (χ0) is 28.1. The molecule has 0 bridgehead atoms. The van der Waals surface area contributed by atoms with Gasteiger partial charge in [0.2, 0.25) is 12.7 Å². The maximum atomic E-state index is 13.5. The van der Waals surface area contributed by atoms with Crippen LogP contribution in [0.3, 0.4) is 0 Å². The van der Waals surface area contributed by atoms with E-state index < -0.39 is 0 Å². The molecule has 208 valence electrons. The van der Waals surface area contributed by atoms with Crippen LogP contribution in [0.1, 0.15) is 40.0 Å². The van der Waals surface area contributed by atoms with E-state index in [0.29, 0.717) is 53.9 Å². The van der Waals surface area contributed by atoms with Crippen molar-refractivity contribution in [2.24, 2.45) is 0 Å². The monoisotopic (exact) mass is 545 g/mol. The molecule has 0 aliphatic carbocycles. The second-order valence-electron chi connectivity index (χ2n) is 9.21. The van der Waals surface area contributed by atoms with E-state index in [2.05, 4.69) is 0 Å². The maximum absolute atomic E-state index is 13.5. The molecule has 0 spiro atoms. The van der Waals surface area contributed by atoms with E-state index in [9.17, 15) is 9.59 Å². The minimum Gasteiger partial charge on any atom is -0.493 e. The predicted molar refractivity (Wildman–Crippen MR) is 147 cm³/mol. The summed E-state index contributed by atoms with van der Waals surface area (Å²) < 4.78 is 33.1. The molecular weight excluding hydrogens is 514 g/mol. The minimum atomic E-state index is -0.387. The molecule has 0 N–H and O–H groups in total. The van der Waals surface area contributed by atoms with Crippen LogP contribution in [0.15, 0.2) is 60.7 Å². The molecule has 1 atom stereocenters. The summed E-state index contributed by atoms with van der Waals surface area (Å²) in [6.07, 6.45) is 3.98. The Morgan fingerprint density at radius 3 is 2.48 bits per heavy atom. The molecule has 0 unspecified atom stereocenters. The van der Waals surface area contributed by atoms with E-state index in [1.807, 2.05) is 30.3 Å². The third-order valence-corrected chi connectivity index (χ3v) is 6.87. The van der Waals surface area contributed by atoms with Crippen LogP contribution in [0.4, 0.5) is 0 Å². The number of methoxy groups -OCH3 is 2. The van der Waals surface area contributed by atoms with E-state index in [-0.39, 0.29) is 31.3 Å². The van der Waals surface area contributed by atoms with Crippen molar-refractivity contribution in [2.45, 2.75) is 19.4 Å². The van der Waals surface area contributed by atoms with E-state index in [0.717, 1.165) is 16.7 Å². The number of fused-ring (bicyclic) bond motifs is 2. The first-order valence-corrected chi connectivity index (χ1v) is 13.0. The number of nitrogens with zero attached hydrogens (tertiary/aromatic N) is 1. The first kappa shape index (κ1) is 26.9. The molecule has 0 saturated carbocycles.